The number of halogens is 2. The largest absolute Gasteiger partial charge is 0.378 e. The van der Waals surface area contributed by atoms with Gasteiger partial charge >= 0.3 is 0 Å². The molecule has 5 nitrogen and oxygen atoms in total. The summed E-state index contributed by atoms with van der Waals surface area (Å²) in [6.45, 7) is 0.211. The van der Waals surface area contributed by atoms with Gasteiger partial charge in [0.2, 0.25) is 0 Å². The van der Waals surface area contributed by atoms with Gasteiger partial charge in [-0.3, -0.25) is 0 Å². The Balaban J connectivity index is 2.57. The molecule has 0 aliphatic heterocycles. The molecule has 19 heavy (non-hydrogen) atoms. The van der Waals surface area contributed by atoms with Gasteiger partial charge in [-0.15, -0.1) is 0 Å². The van der Waals surface area contributed by atoms with Crippen LogP contribution in [0.25, 0.3) is 5.69 Å². The van der Waals surface area contributed by atoms with Crippen molar-refractivity contribution in [2.45, 2.75) is 11.6 Å². The Kier molecular flexibility index (Phi) is 4.29. The first-order chi connectivity index (χ1) is 8.91. The normalized spacial score (nSPS) is 11.7. The number of nitrogens with zero attached hydrogens (tertiary/aromatic N) is 2. The van der Waals surface area contributed by atoms with Gasteiger partial charge in [-0.05, 0) is 24.3 Å². The molecule has 2 aromatic rings. The Hall–Kier alpha value is -0.890. The Morgan fingerprint density at radius 2 is 2.00 bits per heavy atom. The van der Waals surface area contributed by atoms with Crippen LogP contribution in [0.1, 0.15) is 5.69 Å². The van der Waals surface area contributed by atoms with Gasteiger partial charge < -0.3 is 4.74 Å². The molecule has 1 aromatic heterocycles. The third-order valence-corrected chi connectivity index (χ3v) is 4.13. The fourth-order valence-electron chi connectivity index (χ4n) is 1.57. The lowest BCUT2D eigenvalue weighted by atomic mass is 10.3. The van der Waals surface area contributed by atoms with Crippen LogP contribution >= 0.6 is 26.6 Å². The van der Waals surface area contributed by atoms with Crippen molar-refractivity contribution in [2.24, 2.45) is 0 Å². The summed E-state index contributed by atoms with van der Waals surface area (Å²) in [7, 11) is 3.04. The average molecular weight is 366 g/mol. The van der Waals surface area contributed by atoms with Crippen molar-refractivity contribution in [1.82, 2.24) is 9.78 Å². The molecule has 1 aromatic carbocycles. The summed E-state index contributed by atoms with van der Waals surface area (Å²) in [4.78, 5) is 0. The fourth-order valence-corrected chi connectivity index (χ4v) is 2.79. The van der Waals surface area contributed by atoms with Gasteiger partial charge in [0.15, 0.2) is 5.03 Å². The maximum Gasteiger partial charge on any atom is 0.278 e. The zero-order valence-electron chi connectivity index (χ0n) is 9.88. The molecule has 8 heteroatoms. The van der Waals surface area contributed by atoms with Crippen LogP contribution in [0.2, 0.25) is 0 Å². The zero-order valence-corrected chi connectivity index (χ0v) is 13.0. The molecule has 0 bridgehead atoms. The fraction of sp³-hybridized carbons (Fsp3) is 0.182. The quantitative estimate of drug-likeness (QED) is 0.782. The minimum absolute atomic E-state index is 0.0801. The number of rotatable bonds is 4. The minimum atomic E-state index is -3.88. The van der Waals surface area contributed by atoms with Gasteiger partial charge in [-0.25, -0.2) is 13.1 Å². The number of ether oxygens (including phenoxy) is 1. The highest BCUT2D eigenvalue weighted by Gasteiger charge is 2.20. The summed E-state index contributed by atoms with van der Waals surface area (Å²) >= 11 is 3.31. The second-order valence-corrected chi connectivity index (χ2v) is 7.16. The Bertz CT molecular complexity index is 682. The molecular formula is C11H10BrClN2O3S. The van der Waals surface area contributed by atoms with Crippen LogP contribution < -0.4 is 0 Å². The van der Waals surface area contributed by atoms with E-state index in [1.807, 2.05) is 0 Å². The molecule has 0 unspecified atom stereocenters. The number of benzene rings is 1. The summed E-state index contributed by atoms with van der Waals surface area (Å²) in [5.41, 5.74) is 1.09. The molecule has 0 saturated heterocycles. The van der Waals surface area contributed by atoms with Crippen molar-refractivity contribution in [3.8, 4) is 5.69 Å². The van der Waals surface area contributed by atoms with E-state index in [2.05, 4.69) is 21.0 Å². The van der Waals surface area contributed by atoms with Gasteiger partial charge in [0.1, 0.15) is 0 Å². The van der Waals surface area contributed by atoms with Crippen LogP contribution in [0, 0.1) is 0 Å². The number of hydrogen-bond donors (Lipinski definition) is 0. The molecule has 0 amide bonds. The summed E-state index contributed by atoms with van der Waals surface area (Å²) < 4.78 is 30.2. The molecular weight excluding hydrogens is 356 g/mol. The van der Waals surface area contributed by atoms with Gasteiger partial charge in [0.05, 0.1) is 18.0 Å². The maximum absolute atomic E-state index is 11.6. The molecule has 0 spiro atoms. The topological polar surface area (TPSA) is 61.2 Å². The first-order valence-electron chi connectivity index (χ1n) is 5.20. The van der Waals surface area contributed by atoms with Crippen LogP contribution in [-0.4, -0.2) is 25.3 Å². The van der Waals surface area contributed by atoms with Crippen LogP contribution in [0.4, 0.5) is 0 Å². The van der Waals surface area contributed by atoms with E-state index >= 15 is 0 Å². The van der Waals surface area contributed by atoms with Crippen LogP contribution in [0.3, 0.4) is 0 Å². The number of methoxy groups -OCH3 is 1. The highest BCUT2D eigenvalue weighted by atomic mass is 79.9. The minimum Gasteiger partial charge on any atom is -0.378 e. The third-order valence-electron chi connectivity index (χ3n) is 2.34. The van der Waals surface area contributed by atoms with Crippen molar-refractivity contribution in [3.05, 3.63) is 40.5 Å². The predicted octanol–water partition coefficient (Wildman–Crippen LogP) is 2.71. The van der Waals surface area contributed by atoms with E-state index in [9.17, 15) is 8.42 Å². The SMILES string of the molecule is COCc1cc(S(=O)(=O)Cl)n(-c2ccc(Br)cc2)n1. The highest BCUT2D eigenvalue weighted by Crippen LogP contribution is 2.22. The van der Waals surface area contributed by atoms with Crippen molar-refractivity contribution >= 4 is 35.7 Å². The molecule has 0 radical (unpaired) electrons. The molecule has 2 rings (SSSR count). The standard InChI is InChI=1S/C11H10BrClN2O3S/c1-18-7-9-6-11(19(13,16)17)15(14-9)10-4-2-8(12)3-5-10/h2-6H,7H2,1H3. The zero-order chi connectivity index (χ0) is 14.0. The van der Waals surface area contributed by atoms with Crippen molar-refractivity contribution in [2.75, 3.05) is 7.11 Å². The second-order valence-electron chi connectivity index (χ2n) is 3.73. The second kappa shape index (κ2) is 5.62. The molecule has 0 aliphatic rings. The highest BCUT2D eigenvalue weighted by molar-refractivity contribution is 9.10. The van der Waals surface area contributed by atoms with E-state index in [1.54, 1.807) is 24.3 Å². The van der Waals surface area contributed by atoms with E-state index in [1.165, 1.54) is 17.9 Å². The molecule has 1 heterocycles. The summed E-state index contributed by atoms with van der Waals surface area (Å²) in [5.74, 6) is 0. The molecule has 0 N–H and O–H groups in total. The molecule has 102 valence electrons. The smallest absolute Gasteiger partial charge is 0.278 e. The maximum atomic E-state index is 11.6. The Labute approximate surface area is 123 Å². The summed E-state index contributed by atoms with van der Waals surface area (Å²) in [5, 5.41) is 4.10. The third kappa shape index (κ3) is 3.36. The molecule has 0 atom stereocenters. The van der Waals surface area contributed by atoms with E-state index in [0.29, 0.717) is 11.4 Å². The lowest BCUT2D eigenvalue weighted by Gasteiger charge is -2.04. The number of aromatic nitrogens is 2. The van der Waals surface area contributed by atoms with Gasteiger partial charge in [-0.1, -0.05) is 15.9 Å². The van der Waals surface area contributed by atoms with Crippen LogP contribution in [0.15, 0.2) is 39.8 Å². The Morgan fingerprint density at radius 1 is 1.37 bits per heavy atom. The van der Waals surface area contributed by atoms with Crippen molar-refractivity contribution < 1.29 is 13.2 Å². The van der Waals surface area contributed by atoms with Crippen molar-refractivity contribution in [3.63, 3.8) is 0 Å². The van der Waals surface area contributed by atoms with Crippen molar-refractivity contribution in [1.29, 1.82) is 0 Å². The van der Waals surface area contributed by atoms with E-state index in [4.69, 9.17) is 15.4 Å². The average Bonchev–Trinajstić information content (AvgIpc) is 2.74. The lowest BCUT2D eigenvalue weighted by Crippen LogP contribution is -2.04. The first kappa shape index (κ1) is 14.5. The van der Waals surface area contributed by atoms with Crippen LogP contribution in [-0.2, 0) is 20.4 Å². The van der Waals surface area contributed by atoms with Gasteiger partial charge in [0.25, 0.3) is 9.05 Å². The monoisotopic (exact) mass is 364 g/mol. The van der Waals surface area contributed by atoms with Gasteiger partial charge in [0, 0.05) is 28.3 Å². The van der Waals surface area contributed by atoms with Gasteiger partial charge in [-0.2, -0.15) is 5.10 Å². The molecule has 0 saturated carbocycles. The van der Waals surface area contributed by atoms with E-state index < -0.39 is 9.05 Å². The Morgan fingerprint density at radius 3 is 2.53 bits per heavy atom. The molecule has 0 fully saturated rings. The predicted molar refractivity (Wildman–Crippen MR) is 75.0 cm³/mol. The van der Waals surface area contributed by atoms with E-state index in [0.717, 1.165) is 4.47 Å². The molecule has 0 aliphatic carbocycles. The summed E-state index contributed by atoms with van der Waals surface area (Å²) in [6.07, 6.45) is 0. The van der Waals surface area contributed by atoms with E-state index in [-0.39, 0.29) is 11.6 Å². The summed E-state index contributed by atoms with van der Waals surface area (Å²) in [6, 6.07) is 8.45. The lowest BCUT2D eigenvalue weighted by molar-refractivity contribution is 0.181. The number of hydrogen-bond acceptors (Lipinski definition) is 4. The first-order valence-corrected chi connectivity index (χ1v) is 8.30. The van der Waals surface area contributed by atoms with Crippen LogP contribution in [0.5, 0.6) is 0 Å².